The van der Waals surface area contributed by atoms with Crippen molar-refractivity contribution >= 4 is 57.1 Å². The number of thioether (sulfide) groups is 1. The van der Waals surface area contributed by atoms with Gasteiger partial charge in [0.25, 0.3) is 5.91 Å². The van der Waals surface area contributed by atoms with Crippen molar-refractivity contribution in [3.63, 3.8) is 0 Å². The van der Waals surface area contributed by atoms with Crippen molar-refractivity contribution < 1.29 is 14.0 Å². The molecular formula is C21H19N3O3S2. The zero-order valence-corrected chi connectivity index (χ0v) is 17.3. The molecule has 1 aliphatic rings. The molecule has 6 nitrogen and oxygen atoms in total. The van der Waals surface area contributed by atoms with E-state index in [9.17, 15) is 9.59 Å². The van der Waals surface area contributed by atoms with Gasteiger partial charge >= 0.3 is 0 Å². The van der Waals surface area contributed by atoms with Gasteiger partial charge in [0.1, 0.15) is 16.1 Å². The SMILES string of the molecule is C[C@H](C(=O)NCCc1c[nH]c2ccccc12)N1C(=O)/C(=C\c2ccco2)SC1=S. The number of fused-ring (bicyclic) bond motifs is 1. The predicted octanol–water partition coefficient (Wildman–Crippen LogP) is 3.71. The zero-order valence-electron chi connectivity index (χ0n) is 15.7. The predicted molar refractivity (Wildman–Crippen MR) is 118 cm³/mol. The average Bonchev–Trinajstić information content (AvgIpc) is 3.43. The molecule has 1 fully saturated rings. The van der Waals surface area contributed by atoms with E-state index in [4.69, 9.17) is 16.6 Å². The zero-order chi connectivity index (χ0) is 20.4. The van der Waals surface area contributed by atoms with Crippen LogP contribution >= 0.6 is 24.0 Å². The first kappa shape index (κ1) is 19.5. The van der Waals surface area contributed by atoms with Crippen LogP contribution in [0.1, 0.15) is 18.2 Å². The first-order valence-corrected chi connectivity index (χ1v) is 10.4. The van der Waals surface area contributed by atoms with E-state index in [1.54, 1.807) is 25.1 Å². The molecule has 0 aliphatic carbocycles. The molecule has 1 aromatic carbocycles. The van der Waals surface area contributed by atoms with Crippen LogP contribution in [0.2, 0.25) is 0 Å². The van der Waals surface area contributed by atoms with E-state index >= 15 is 0 Å². The number of H-pyrrole nitrogens is 1. The highest BCUT2D eigenvalue weighted by molar-refractivity contribution is 8.26. The monoisotopic (exact) mass is 425 g/mol. The van der Waals surface area contributed by atoms with Gasteiger partial charge in [-0.05, 0) is 37.1 Å². The lowest BCUT2D eigenvalue weighted by atomic mass is 10.1. The van der Waals surface area contributed by atoms with Crippen LogP contribution in [0.25, 0.3) is 17.0 Å². The van der Waals surface area contributed by atoms with Crippen LogP contribution in [-0.2, 0) is 16.0 Å². The third-order valence-corrected chi connectivity index (χ3v) is 6.11. The summed E-state index contributed by atoms with van der Waals surface area (Å²) in [6.45, 7) is 2.16. The van der Waals surface area contributed by atoms with Crippen molar-refractivity contribution in [1.29, 1.82) is 0 Å². The third-order valence-electron chi connectivity index (χ3n) is 4.78. The van der Waals surface area contributed by atoms with Gasteiger partial charge in [0.05, 0.1) is 11.2 Å². The van der Waals surface area contributed by atoms with Crippen molar-refractivity contribution in [2.24, 2.45) is 0 Å². The molecule has 1 atom stereocenters. The molecular weight excluding hydrogens is 406 g/mol. The van der Waals surface area contributed by atoms with Gasteiger partial charge < -0.3 is 14.7 Å². The number of carbonyl (C=O) groups is 2. The minimum absolute atomic E-state index is 0.236. The Morgan fingerprint density at radius 3 is 2.97 bits per heavy atom. The van der Waals surface area contributed by atoms with Gasteiger partial charge in [-0.3, -0.25) is 14.5 Å². The minimum atomic E-state index is -0.687. The van der Waals surface area contributed by atoms with Gasteiger partial charge in [-0.1, -0.05) is 42.2 Å². The van der Waals surface area contributed by atoms with E-state index in [0.717, 1.165) is 16.5 Å². The number of amides is 2. The summed E-state index contributed by atoms with van der Waals surface area (Å²) in [4.78, 5) is 30.4. The molecule has 2 amide bonds. The van der Waals surface area contributed by atoms with E-state index in [2.05, 4.69) is 16.4 Å². The summed E-state index contributed by atoms with van der Waals surface area (Å²) < 4.78 is 5.62. The van der Waals surface area contributed by atoms with Crippen LogP contribution in [0.15, 0.2) is 58.2 Å². The Labute approximate surface area is 177 Å². The van der Waals surface area contributed by atoms with Crippen LogP contribution in [0, 0.1) is 0 Å². The van der Waals surface area contributed by atoms with Crippen molar-refractivity contribution in [2.75, 3.05) is 6.54 Å². The Kier molecular flexibility index (Phi) is 5.55. The van der Waals surface area contributed by atoms with Crippen molar-refractivity contribution in [3.8, 4) is 0 Å². The van der Waals surface area contributed by atoms with Gasteiger partial charge in [0.15, 0.2) is 0 Å². The van der Waals surface area contributed by atoms with E-state index in [-0.39, 0.29) is 11.8 Å². The summed E-state index contributed by atoms with van der Waals surface area (Å²) in [5.74, 6) is 0.0532. The average molecular weight is 426 g/mol. The summed E-state index contributed by atoms with van der Waals surface area (Å²) in [7, 11) is 0. The Morgan fingerprint density at radius 1 is 1.34 bits per heavy atom. The molecule has 148 valence electrons. The fraction of sp³-hybridized carbons (Fsp3) is 0.190. The number of aromatic nitrogens is 1. The number of rotatable bonds is 6. The molecule has 0 spiro atoms. The Morgan fingerprint density at radius 2 is 2.17 bits per heavy atom. The summed E-state index contributed by atoms with van der Waals surface area (Å²) in [5.41, 5.74) is 2.21. The second kappa shape index (κ2) is 8.26. The fourth-order valence-electron chi connectivity index (χ4n) is 3.24. The number of nitrogens with zero attached hydrogens (tertiary/aromatic N) is 1. The Balaban J connectivity index is 1.37. The summed E-state index contributed by atoms with van der Waals surface area (Å²) in [5, 5.41) is 4.06. The smallest absolute Gasteiger partial charge is 0.267 e. The first-order chi connectivity index (χ1) is 14.0. The molecule has 2 aromatic heterocycles. The van der Waals surface area contributed by atoms with Gasteiger partial charge in [0, 0.05) is 29.7 Å². The maximum Gasteiger partial charge on any atom is 0.267 e. The van der Waals surface area contributed by atoms with E-state index in [1.165, 1.54) is 22.9 Å². The van der Waals surface area contributed by atoms with Crippen LogP contribution in [0.3, 0.4) is 0 Å². The second-order valence-corrected chi connectivity index (χ2v) is 8.32. The number of aromatic amines is 1. The summed E-state index contributed by atoms with van der Waals surface area (Å²) >= 11 is 6.50. The standard InChI is InChI=1S/C21H19N3O3S2/c1-13(24-20(26)18(29-21(24)28)11-15-5-4-10-27-15)19(25)22-9-8-14-12-23-17-7-3-2-6-16(14)17/h2-7,10-13,23H,8-9H2,1H3,(H,22,25)/b18-11+/t13-/m1/s1. The van der Waals surface area contributed by atoms with E-state index in [0.29, 0.717) is 28.0 Å². The lowest BCUT2D eigenvalue weighted by Gasteiger charge is -2.22. The van der Waals surface area contributed by atoms with Crippen molar-refractivity contribution in [1.82, 2.24) is 15.2 Å². The molecule has 3 heterocycles. The lowest BCUT2D eigenvalue weighted by molar-refractivity contribution is -0.132. The highest BCUT2D eigenvalue weighted by atomic mass is 32.2. The minimum Gasteiger partial charge on any atom is -0.465 e. The van der Waals surface area contributed by atoms with Crippen LogP contribution in [0.4, 0.5) is 0 Å². The maximum atomic E-state index is 12.7. The number of hydrogen-bond acceptors (Lipinski definition) is 5. The quantitative estimate of drug-likeness (QED) is 0.465. The number of hydrogen-bond donors (Lipinski definition) is 2. The molecule has 0 bridgehead atoms. The molecule has 0 saturated carbocycles. The first-order valence-electron chi connectivity index (χ1n) is 9.18. The molecule has 4 rings (SSSR count). The molecule has 1 saturated heterocycles. The Hall–Kier alpha value is -2.84. The van der Waals surface area contributed by atoms with Crippen molar-refractivity contribution in [3.05, 3.63) is 65.1 Å². The van der Waals surface area contributed by atoms with Crippen LogP contribution < -0.4 is 5.32 Å². The third kappa shape index (κ3) is 3.99. The lowest BCUT2D eigenvalue weighted by Crippen LogP contribution is -2.47. The second-order valence-electron chi connectivity index (χ2n) is 6.64. The van der Waals surface area contributed by atoms with Gasteiger partial charge in [-0.25, -0.2) is 0 Å². The van der Waals surface area contributed by atoms with E-state index in [1.807, 2.05) is 24.4 Å². The molecule has 29 heavy (non-hydrogen) atoms. The van der Waals surface area contributed by atoms with Gasteiger partial charge in [-0.2, -0.15) is 0 Å². The number of carbonyl (C=O) groups excluding carboxylic acids is 2. The van der Waals surface area contributed by atoms with Crippen LogP contribution in [0.5, 0.6) is 0 Å². The fourth-order valence-corrected chi connectivity index (χ4v) is 4.64. The molecule has 2 N–H and O–H groups in total. The molecule has 0 unspecified atom stereocenters. The largest absolute Gasteiger partial charge is 0.465 e. The normalized spacial score (nSPS) is 16.7. The molecule has 3 aromatic rings. The summed E-state index contributed by atoms with van der Waals surface area (Å²) in [6.07, 6.45) is 5.83. The Bertz CT molecular complexity index is 1100. The number of thiocarbonyl (C=S) groups is 1. The summed E-state index contributed by atoms with van der Waals surface area (Å²) in [6, 6.07) is 10.9. The van der Waals surface area contributed by atoms with Crippen molar-refractivity contribution in [2.45, 2.75) is 19.4 Å². The van der Waals surface area contributed by atoms with Gasteiger partial charge in [-0.15, -0.1) is 0 Å². The van der Waals surface area contributed by atoms with Gasteiger partial charge in [0.2, 0.25) is 5.91 Å². The number of para-hydroxylation sites is 1. The van der Waals surface area contributed by atoms with E-state index < -0.39 is 6.04 Å². The topological polar surface area (TPSA) is 78.3 Å². The highest BCUT2D eigenvalue weighted by Crippen LogP contribution is 2.34. The number of nitrogens with one attached hydrogen (secondary N) is 2. The number of furan rings is 1. The number of benzene rings is 1. The maximum absolute atomic E-state index is 12.7. The van der Waals surface area contributed by atoms with Crippen LogP contribution in [-0.4, -0.2) is 38.6 Å². The molecule has 8 heteroatoms. The highest BCUT2D eigenvalue weighted by Gasteiger charge is 2.38. The molecule has 1 aliphatic heterocycles. The molecule has 0 radical (unpaired) electrons.